The van der Waals surface area contributed by atoms with Crippen molar-refractivity contribution in [2.24, 2.45) is 5.41 Å². The van der Waals surface area contributed by atoms with Crippen LogP contribution in [-0.4, -0.2) is 101 Å². The van der Waals surface area contributed by atoms with Crippen LogP contribution in [-0.2, 0) is 14.2 Å². The smallest absolute Gasteiger partial charge is 0.377 e. The molecule has 1 heterocycles. The first kappa shape index (κ1) is 43.0. The molecule has 1 aliphatic heterocycles. The third-order valence-corrected chi connectivity index (χ3v) is 8.28. The van der Waals surface area contributed by atoms with E-state index in [0.717, 1.165) is 5.06 Å². The van der Waals surface area contributed by atoms with Crippen molar-refractivity contribution < 1.29 is 98.4 Å². The Hall–Kier alpha value is -0.980. The summed E-state index contributed by atoms with van der Waals surface area (Å²) < 4.78 is 254. The summed E-state index contributed by atoms with van der Waals surface area (Å²) in [6, 6.07) is 0. The Morgan fingerprint density at radius 1 is 0.565 bits per heavy atom. The summed E-state index contributed by atoms with van der Waals surface area (Å²) in [7, 11) is 0. The summed E-state index contributed by atoms with van der Waals surface area (Å²) in [5, 5.41) is 9.60. The lowest BCUT2D eigenvalue weighted by atomic mass is 9.80. The maximum absolute atomic E-state index is 13.5. The lowest BCUT2D eigenvalue weighted by Gasteiger charge is -2.51. The largest absolute Gasteiger partial charge is 0.435 e. The van der Waals surface area contributed by atoms with Gasteiger partial charge < -0.3 is 19.4 Å². The van der Waals surface area contributed by atoms with Gasteiger partial charge in [0.1, 0.15) is 0 Å². The minimum Gasteiger partial charge on any atom is -0.377 e. The molecule has 24 heteroatoms. The highest BCUT2D eigenvalue weighted by Crippen LogP contribution is 2.57. The molecule has 0 aliphatic carbocycles. The van der Waals surface area contributed by atoms with E-state index in [1.807, 2.05) is 0 Å². The SMILES string of the molecule is CC1(C)CC(OCC(CBr)(COC(C(F)(F)F)(C(F)(F)F)C(F)(F)F)COC(C(F)(F)F)(C(F)(F)F)C(F)(F)F)CC(C)(C)N1O. The number of halogens is 19. The molecule has 1 saturated heterocycles. The molecule has 1 fully saturated rings. The molecule has 1 aliphatic rings. The van der Waals surface area contributed by atoms with E-state index in [0.29, 0.717) is 0 Å². The zero-order chi connectivity index (χ0) is 37.0. The second-order valence-corrected chi connectivity index (χ2v) is 12.4. The molecule has 0 radical (unpaired) electrons. The highest BCUT2D eigenvalue weighted by molar-refractivity contribution is 9.09. The number of piperidine rings is 1. The highest BCUT2D eigenvalue weighted by Gasteiger charge is 2.87. The molecule has 0 unspecified atom stereocenters. The fourth-order valence-corrected chi connectivity index (χ4v) is 5.30. The van der Waals surface area contributed by atoms with Crippen LogP contribution in [0.5, 0.6) is 0 Å². The summed E-state index contributed by atoms with van der Waals surface area (Å²) in [4.78, 5) is 0. The second kappa shape index (κ2) is 12.7. The summed E-state index contributed by atoms with van der Waals surface area (Å²) >= 11 is 2.32. The molecule has 0 aromatic rings. The average molecular weight is 790 g/mol. The Balaban J connectivity index is 3.84. The van der Waals surface area contributed by atoms with Gasteiger partial charge in [0.25, 0.3) is 0 Å². The van der Waals surface area contributed by atoms with Crippen molar-refractivity contribution in [3.05, 3.63) is 0 Å². The minimum atomic E-state index is -7.43. The van der Waals surface area contributed by atoms with Crippen LogP contribution < -0.4 is 0 Å². The van der Waals surface area contributed by atoms with Gasteiger partial charge in [0.05, 0.1) is 31.3 Å². The van der Waals surface area contributed by atoms with E-state index in [-0.39, 0.29) is 12.8 Å². The van der Waals surface area contributed by atoms with Crippen LogP contribution in [0.1, 0.15) is 40.5 Å². The molecule has 0 atom stereocenters. The summed E-state index contributed by atoms with van der Waals surface area (Å²) in [5.41, 5.74) is -20.3. The van der Waals surface area contributed by atoms with Crippen LogP contribution in [0.3, 0.4) is 0 Å². The van der Waals surface area contributed by atoms with Gasteiger partial charge in [-0.05, 0) is 40.5 Å². The lowest BCUT2D eigenvalue weighted by molar-refractivity contribution is -0.467. The van der Waals surface area contributed by atoms with Crippen molar-refractivity contribution in [2.45, 2.75) is 106 Å². The maximum atomic E-state index is 13.5. The second-order valence-electron chi connectivity index (χ2n) is 11.8. The Morgan fingerprint density at radius 3 is 1.04 bits per heavy atom. The number of ether oxygens (including phenoxy) is 3. The molecule has 0 saturated carbocycles. The number of alkyl halides is 19. The van der Waals surface area contributed by atoms with Crippen molar-refractivity contribution in [2.75, 3.05) is 25.2 Å². The van der Waals surface area contributed by atoms with E-state index in [1.54, 1.807) is 0 Å². The van der Waals surface area contributed by atoms with Gasteiger partial charge in [0, 0.05) is 16.4 Å². The van der Waals surface area contributed by atoms with E-state index < -0.39 is 96.0 Å². The summed E-state index contributed by atoms with van der Waals surface area (Å²) in [6.07, 6.45) is -46.6. The molecule has 5 nitrogen and oxygen atoms in total. The standard InChI is InChI=1S/C22H26BrF18NO4/c1-12(2)5-11(6-13(3,4)42(12)43)44-8-14(7-23,9-45-15(17(24,25)26,18(27,28)29)19(30,31)32)10-46-16(20(33,34)35,21(36,37)38)22(39,40)41/h11,43H,5-10H2,1-4H3. The highest BCUT2D eigenvalue weighted by atomic mass is 79.9. The Kier molecular flexibility index (Phi) is 11.9. The number of hydrogen-bond acceptors (Lipinski definition) is 5. The monoisotopic (exact) mass is 789 g/mol. The topological polar surface area (TPSA) is 51.2 Å². The Morgan fingerprint density at radius 2 is 0.826 bits per heavy atom. The molecule has 0 aromatic carbocycles. The number of hydroxylamine groups is 2. The zero-order valence-electron chi connectivity index (χ0n) is 23.6. The third-order valence-electron chi connectivity index (χ3n) is 7.09. The molecular weight excluding hydrogens is 764 g/mol. The summed E-state index contributed by atoms with van der Waals surface area (Å²) in [5.74, 6) is 0. The molecule has 46 heavy (non-hydrogen) atoms. The molecule has 0 bridgehead atoms. The fraction of sp³-hybridized carbons (Fsp3) is 1.00. The molecule has 1 N–H and O–H groups in total. The number of nitrogens with zero attached hydrogens (tertiary/aromatic N) is 1. The van der Waals surface area contributed by atoms with Crippen LogP contribution in [0.15, 0.2) is 0 Å². The van der Waals surface area contributed by atoms with Gasteiger partial charge >= 0.3 is 48.3 Å². The Bertz CT molecular complexity index is 885. The van der Waals surface area contributed by atoms with Crippen LogP contribution in [0.25, 0.3) is 0 Å². The van der Waals surface area contributed by atoms with Crippen molar-refractivity contribution >= 4 is 15.9 Å². The van der Waals surface area contributed by atoms with Crippen molar-refractivity contribution in [1.82, 2.24) is 5.06 Å². The number of hydrogen-bond donors (Lipinski definition) is 1. The van der Waals surface area contributed by atoms with Crippen LogP contribution in [0.2, 0.25) is 0 Å². The quantitative estimate of drug-likeness (QED) is 0.178. The predicted molar refractivity (Wildman–Crippen MR) is 121 cm³/mol. The maximum Gasteiger partial charge on any atom is 0.435 e. The van der Waals surface area contributed by atoms with E-state index in [4.69, 9.17) is 4.74 Å². The fourth-order valence-electron chi connectivity index (χ4n) is 4.81. The van der Waals surface area contributed by atoms with Crippen LogP contribution in [0.4, 0.5) is 79.0 Å². The summed E-state index contributed by atoms with van der Waals surface area (Å²) in [6.45, 7) is -1.86. The van der Waals surface area contributed by atoms with E-state index in [1.165, 1.54) is 27.7 Å². The first-order valence-electron chi connectivity index (χ1n) is 12.3. The molecule has 276 valence electrons. The van der Waals surface area contributed by atoms with Gasteiger partial charge in [-0.2, -0.15) is 84.1 Å². The van der Waals surface area contributed by atoms with Crippen molar-refractivity contribution in [3.63, 3.8) is 0 Å². The van der Waals surface area contributed by atoms with Crippen molar-refractivity contribution in [3.8, 4) is 0 Å². The lowest BCUT2D eigenvalue weighted by Crippen LogP contribution is -2.70. The van der Waals surface area contributed by atoms with Gasteiger partial charge in [-0.1, -0.05) is 15.9 Å². The van der Waals surface area contributed by atoms with Gasteiger partial charge in [-0.15, -0.1) is 0 Å². The molecule has 0 spiro atoms. The molecule has 1 rings (SSSR count). The van der Waals surface area contributed by atoms with Crippen molar-refractivity contribution in [1.29, 1.82) is 0 Å². The van der Waals surface area contributed by atoms with E-state index in [9.17, 15) is 84.2 Å². The average Bonchev–Trinajstić information content (AvgIpc) is 2.75. The van der Waals surface area contributed by atoms with Gasteiger partial charge in [-0.25, -0.2) is 0 Å². The zero-order valence-corrected chi connectivity index (χ0v) is 25.2. The normalized spacial score (nSPS) is 20.3. The van der Waals surface area contributed by atoms with Gasteiger partial charge in [0.2, 0.25) is 0 Å². The molecule has 0 amide bonds. The minimum absolute atomic E-state index is 0.331. The van der Waals surface area contributed by atoms with Crippen LogP contribution >= 0.6 is 15.9 Å². The molecular formula is C22H26BrF18NO4. The van der Waals surface area contributed by atoms with E-state index >= 15 is 0 Å². The predicted octanol–water partition coefficient (Wildman–Crippen LogP) is 8.68. The van der Waals surface area contributed by atoms with Crippen LogP contribution in [0, 0.1) is 5.41 Å². The first-order valence-corrected chi connectivity index (χ1v) is 13.4. The van der Waals surface area contributed by atoms with Gasteiger partial charge in [0.15, 0.2) is 0 Å². The number of rotatable bonds is 10. The first-order chi connectivity index (χ1) is 19.9. The third kappa shape index (κ3) is 7.91. The Labute approximate surface area is 256 Å². The molecule has 0 aromatic heterocycles. The van der Waals surface area contributed by atoms with Gasteiger partial charge in [-0.3, -0.25) is 0 Å². The van der Waals surface area contributed by atoms with E-state index in [2.05, 4.69) is 25.4 Å².